The zero-order valence-electron chi connectivity index (χ0n) is 16.9. The van der Waals surface area contributed by atoms with E-state index in [2.05, 4.69) is 21.6 Å². The van der Waals surface area contributed by atoms with Gasteiger partial charge in [0, 0.05) is 22.0 Å². The van der Waals surface area contributed by atoms with Crippen LogP contribution in [0.3, 0.4) is 0 Å². The van der Waals surface area contributed by atoms with E-state index in [4.69, 9.17) is 27.9 Å². The number of benzene rings is 2. The molecule has 0 aliphatic rings. The van der Waals surface area contributed by atoms with Crippen LogP contribution in [-0.4, -0.2) is 33.5 Å². The fraction of sp³-hybridized carbons (Fsp3) is 0.136. The molecule has 1 N–H and O–H groups in total. The molecule has 0 radical (unpaired) electrons. The topological polar surface area (TPSA) is 69.0 Å². The Morgan fingerprint density at radius 1 is 1.16 bits per heavy atom. The van der Waals surface area contributed by atoms with Gasteiger partial charge in [0.1, 0.15) is 11.6 Å². The zero-order chi connectivity index (χ0) is 22.5. The van der Waals surface area contributed by atoms with Crippen molar-refractivity contribution in [2.45, 2.75) is 11.6 Å². The lowest BCUT2D eigenvalue weighted by Gasteiger charge is -2.11. The van der Waals surface area contributed by atoms with Gasteiger partial charge >= 0.3 is 0 Å². The van der Waals surface area contributed by atoms with Crippen LogP contribution >= 0.6 is 46.3 Å². The van der Waals surface area contributed by atoms with Crippen molar-refractivity contribution in [3.05, 3.63) is 80.7 Å². The van der Waals surface area contributed by atoms with Gasteiger partial charge in [0.2, 0.25) is 5.91 Å². The summed E-state index contributed by atoms with van der Waals surface area (Å²) in [5, 5.41) is 15.1. The quantitative estimate of drug-likeness (QED) is 0.299. The van der Waals surface area contributed by atoms with Crippen LogP contribution < -0.4 is 10.1 Å². The number of ether oxygens (including phenoxy) is 1. The Kier molecular flexibility index (Phi) is 7.36. The summed E-state index contributed by atoms with van der Waals surface area (Å²) < 4.78 is 7.23. The number of nitrogens with zero attached hydrogens (tertiary/aromatic N) is 3. The standard InChI is InChI=1S/C22H18Cl2N4O2S2/c1-30-16-7-5-15(6-8-16)28-20(12-17-3-2-10-31-17)26-27-22(28)32-13-21(29)25-19-9-4-14(23)11-18(19)24/h2-11H,12-13H2,1H3,(H,25,29). The molecule has 1 amide bonds. The smallest absolute Gasteiger partial charge is 0.234 e. The maximum atomic E-state index is 12.5. The van der Waals surface area contributed by atoms with Crippen LogP contribution in [0.5, 0.6) is 5.75 Å². The second-order valence-corrected chi connectivity index (χ2v) is 9.47. The molecular weight excluding hydrogens is 487 g/mol. The van der Waals surface area contributed by atoms with Gasteiger partial charge in [-0.1, -0.05) is 41.0 Å². The summed E-state index contributed by atoms with van der Waals surface area (Å²) in [5.74, 6) is 1.49. The van der Waals surface area contributed by atoms with Crippen LogP contribution in [0.2, 0.25) is 10.0 Å². The molecule has 32 heavy (non-hydrogen) atoms. The number of carbonyl (C=O) groups excluding carboxylic acids is 1. The Morgan fingerprint density at radius 2 is 1.97 bits per heavy atom. The van der Waals surface area contributed by atoms with E-state index in [-0.39, 0.29) is 11.7 Å². The van der Waals surface area contributed by atoms with Gasteiger partial charge in [-0.2, -0.15) is 0 Å². The average Bonchev–Trinajstić information content (AvgIpc) is 3.45. The maximum Gasteiger partial charge on any atom is 0.234 e. The summed E-state index contributed by atoms with van der Waals surface area (Å²) in [7, 11) is 1.63. The Bertz CT molecular complexity index is 1210. The van der Waals surface area contributed by atoms with Gasteiger partial charge in [0.25, 0.3) is 0 Å². The van der Waals surface area contributed by atoms with E-state index in [0.29, 0.717) is 27.3 Å². The lowest BCUT2D eigenvalue weighted by molar-refractivity contribution is -0.113. The van der Waals surface area contributed by atoms with Crippen molar-refractivity contribution >= 4 is 57.9 Å². The lowest BCUT2D eigenvalue weighted by Crippen LogP contribution is -2.15. The van der Waals surface area contributed by atoms with E-state index in [0.717, 1.165) is 17.3 Å². The summed E-state index contributed by atoms with van der Waals surface area (Å²) in [4.78, 5) is 13.7. The number of anilines is 1. The molecule has 2 aromatic heterocycles. The molecule has 0 aliphatic carbocycles. The SMILES string of the molecule is COc1ccc(-n2c(Cc3cccs3)nnc2SCC(=O)Nc2ccc(Cl)cc2Cl)cc1. The molecule has 0 saturated carbocycles. The minimum atomic E-state index is -0.205. The maximum absolute atomic E-state index is 12.5. The van der Waals surface area contributed by atoms with Crippen molar-refractivity contribution in [1.82, 2.24) is 14.8 Å². The molecule has 0 spiro atoms. The molecule has 4 rings (SSSR count). The first kappa shape index (κ1) is 22.7. The number of thiophene rings is 1. The fourth-order valence-corrected chi connectivity index (χ4v) is 4.90. The van der Waals surface area contributed by atoms with E-state index in [1.807, 2.05) is 40.3 Å². The normalized spacial score (nSPS) is 10.8. The third-order valence-corrected chi connectivity index (χ3v) is 6.83. The van der Waals surface area contributed by atoms with E-state index < -0.39 is 0 Å². The number of nitrogens with one attached hydrogen (secondary N) is 1. The van der Waals surface area contributed by atoms with Crippen LogP contribution in [0, 0.1) is 0 Å². The van der Waals surface area contributed by atoms with E-state index >= 15 is 0 Å². The molecule has 2 heterocycles. The van der Waals surface area contributed by atoms with Crippen LogP contribution in [0.1, 0.15) is 10.7 Å². The Hall–Kier alpha value is -2.52. The van der Waals surface area contributed by atoms with Gasteiger partial charge < -0.3 is 10.1 Å². The van der Waals surface area contributed by atoms with Gasteiger partial charge in [-0.05, 0) is 53.9 Å². The van der Waals surface area contributed by atoms with Crippen LogP contribution in [0.25, 0.3) is 5.69 Å². The summed E-state index contributed by atoms with van der Waals surface area (Å²) >= 11 is 15.0. The third-order valence-electron chi connectivity index (χ3n) is 4.48. The van der Waals surface area contributed by atoms with Gasteiger partial charge in [-0.15, -0.1) is 21.5 Å². The number of hydrogen-bond donors (Lipinski definition) is 1. The first-order chi connectivity index (χ1) is 15.5. The van der Waals surface area contributed by atoms with Gasteiger partial charge in [-0.3, -0.25) is 9.36 Å². The largest absolute Gasteiger partial charge is 0.497 e. The zero-order valence-corrected chi connectivity index (χ0v) is 20.1. The third kappa shape index (κ3) is 5.45. The van der Waals surface area contributed by atoms with Crippen molar-refractivity contribution < 1.29 is 9.53 Å². The second-order valence-electron chi connectivity index (χ2n) is 6.65. The second kappa shape index (κ2) is 10.4. The highest BCUT2D eigenvalue weighted by atomic mass is 35.5. The molecule has 0 unspecified atom stereocenters. The molecule has 164 valence electrons. The summed E-state index contributed by atoms with van der Waals surface area (Å²) in [6.07, 6.45) is 0.643. The van der Waals surface area contributed by atoms with Gasteiger partial charge in [0.05, 0.1) is 23.6 Å². The van der Waals surface area contributed by atoms with Crippen molar-refractivity contribution in [3.8, 4) is 11.4 Å². The van der Waals surface area contributed by atoms with Gasteiger partial charge in [-0.25, -0.2) is 0 Å². The summed E-state index contributed by atoms with van der Waals surface area (Å²) in [5.41, 5.74) is 1.41. The van der Waals surface area contributed by atoms with Crippen LogP contribution in [0.4, 0.5) is 5.69 Å². The van der Waals surface area contributed by atoms with Crippen molar-refractivity contribution in [1.29, 1.82) is 0 Å². The number of thioether (sulfide) groups is 1. The monoisotopic (exact) mass is 504 g/mol. The molecule has 0 fully saturated rings. The Morgan fingerprint density at radius 3 is 2.66 bits per heavy atom. The number of methoxy groups -OCH3 is 1. The minimum absolute atomic E-state index is 0.145. The van der Waals surface area contributed by atoms with Crippen molar-refractivity contribution in [3.63, 3.8) is 0 Å². The predicted octanol–water partition coefficient (Wildman–Crippen LogP) is 5.97. The summed E-state index contributed by atoms with van der Waals surface area (Å²) in [6.45, 7) is 0. The van der Waals surface area contributed by atoms with Gasteiger partial charge in [0.15, 0.2) is 5.16 Å². The highest BCUT2D eigenvalue weighted by molar-refractivity contribution is 7.99. The molecule has 2 aromatic carbocycles. The molecular formula is C22H18Cl2N4O2S2. The Labute approximate surface area is 203 Å². The predicted molar refractivity (Wildman–Crippen MR) is 131 cm³/mol. The number of carbonyl (C=O) groups is 1. The van der Waals surface area contributed by atoms with E-state index in [1.165, 1.54) is 16.6 Å². The molecule has 10 heteroatoms. The van der Waals surface area contributed by atoms with E-state index in [1.54, 1.807) is 36.6 Å². The lowest BCUT2D eigenvalue weighted by atomic mass is 10.2. The number of amides is 1. The number of hydrogen-bond acceptors (Lipinski definition) is 6. The highest BCUT2D eigenvalue weighted by Crippen LogP contribution is 2.28. The molecule has 0 saturated heterocycles. The number of rotatable bonds is 8. The summed E-state index contributed by atoms with van der Waals surface area (Å²) in [6, 6.07) is 16.7. The molecule has 6 nitrogen and oxygen atoms in total. The minimum Gasteiger partial charge on any atom is -0.497 e. The average molecular weight is 505 g/mol. The first-order valence-corrected chi connectivity index (χ1v) is 12.1. The van der Waals surface area contributed by atoms with E-state index in [9.17, 15) is 4.79 Å². The first-order valence-electron chi connectivity index (χ1n) is 9.52. The fourth-order valence-electron chi connectivity index (χ4n) is 2.98. The molecule has 0 bridgehead atoms. The van der Waals surface area contributed by atoms with Crippen LogP contribution in [0.15, 0.2) is 65.1 Å². The number of halogens is 2. The molecule has 0 aliphatic heterocycles. The molecule has 0 atom stereocenters. The van der Waals surface area contributed by atoms with Crippen molar-refractivity contribution in [2.24, 2.45) is 0 Å². The van der Waals surface area contributed by atoms with Crippen molar-refractivity contribution in [2.75, 3.05) is 18.2 Å². The highest BCUT2D eigenvalue weighted by Gasteiger charge is 2.17. The number of aromatic nitrogens is 3. The van der Waals surface area contributed by atoms with Crippen LogP contribution in [-0.2, 0) is 11.2 Å². The molecule has 4 aromatic rings. The Balaban J connectivity index is 1.54.